The molecule has 0 saturated carbocycles. The maximum Gasteiger partial charge on any atom is 0.130 e. The molecule has 1 aromatic rings. The van der Waals surface area contributed by atoms with E-state index in [0.717, 1.165) is 44.1 Å². The van der Waals surface area contributed by atoms with Gasteiger partial charge in [0.15, 0.2) is 0 Å². The first-order valence-electron chi connectivity index (χ1n) is 5.50. The molecule has 1 saturated heterocycles. The highest BCUT2D eigenvalue weighted by molar-refractivity contribution is 5.08. The van der Waals surface area contributed by atoms with E-state index >= 15 is 0 Å². The van der Waals surface area contributed by atoms with Crippen molar-refractivity contribution in [2.24, 2.45) is 0 Å². The van der Waals surface area contributed by atoms with Gasteiger partial charge in [0.1, 0.15) is 6.54 Å². The van der Waals surface area contributed by atoms with Gasteiger partial charge in [-0.3, -0.25) is 4.90 Å². The second-order valence-corrected chi connectivity index (χ2v) is 3.96. The summed E-state index contributed by atoms with van der Waals surface area (Å²) in [5.41, 5.74) is 1.98. The summed E-state index contributed by atoms with van der Waals surface area (Å²) < 4.78 is 1.65. The van der Waals surface area contributed by atoms with Gasteiger partial charge in [-0.1, -0.05) is 5.21 Å². The lowest BCUT2D eigenvalue weighted by atomic mass is 10.3. The molecule has 1 aliphatic rings. The lowest BCUT2D eigenvalue weighted by Crippen LogP contribution is -2.43. The molecule has 6 heteroatoms. The van der Waals surface area contributed by atoms with Crippen LogP contribution >= 0.6 is 0 Å². The van der Waals surface area contributed by atoms with E-state index in [-0.39, 0.29) is 6.54 Å². The van der Waals surface area contributed by atoms with Crippen molar-refractivity contribution in [3.8, 4) is 6.07 Å². The van der Waals surface area contributed by atoms with Crippen molar-refractivity contribution in [3.05, 3.63) is 11.4 Å². The van der Waals surface area contributed by atoms with Gasteiger partial charge >= 0.3 is 0 Å². The Morgan fingerprint density at radius 2 is 2.19 bits per heavy atom. The highest BCUT2D eigenvalue weighted by atomic mass is 15.4. The van der Waals surface area contributed by atoms with E-state index in [1.165, 1.54) is 0 Å². The monoisotopic (exact) mass is 220 g/mol. The first-order valence-corrected chi connectivity index (χ1v) is 5.50. The molecule has 0 atom stereocenters. The van der Waals surface area contributed by atoms with E-state index in [1.807, 2.05) is 6.92 Å². The molecule has 1 fully saturated rings. The zero-order valence-electron chi connectivity index (χ0n) is 9.48. The summed E-state index contributed by atoms with van der Waals surface area (Å²) in [5.74, 6) is 0. The van der Waals surface area contributed by atoms with Gasteiger partial charge in [-0.2, -0.15) is 5.26 Å². The van der Waals surface area contributed by atoms with Crippen LogP contribution in [0, 0.1) is 18.3 Å². The van der Waals surface area contributed by atoms with E-state index in [1.54, 1.807) is 4.68 Å². The van der Waals surface area contributed by atoms with Crippen molar-refractivity contribution in [3.63, 3.8) is 0 Å². The van der Waals surface area contributed by atoms with Crippen molar-refractivity contribution in [1.82, 2.24) is 25.2 Å². The minimum absolute atomic E-state index is 0.278. The van der Waals surface area contributed by atoms with Gasteiger partial charge < -0.3 is 5.32 Å². The van der Waals surface area contributed by atoms with Gasteiger partial charge in [0.2, 0.25) is 0 Å². The Bertz CT molecular complexity index is 385. The molecule has 6 nitrogen and oxygen atoms in total. The number of rotatable bonds is 3. The van der Waals surface area contributed by atoms with Gasteiger partial charge in [-0.15, -0.1) is 5.10 Å². The lowest BCUT2D eigenvalue weighted by Gasteiger charge is -2.26. The smallest absolute Gasteiger partial charge is 0.130 e. The molecular weight excluding hydrogens is 204 g/mol. The molecule has 1 aromatic heterocycles. The number of hydrogen-bond acceptors (Lipinski definition) is 5. The zero-order valence-corrected chi connectivity index (χ0v) is 9.48. The lowest BCUT2D eigenvalue weighted by molar-refractivity contribution is 0.230. The number of nitriles is 1. The summed E-state index contributed by atoms with van der Waals surface area (Å²) in [6, 6.07) is 2.08. The van der Waals surface area contributed by atoms with Crippen molar-refractivity contribution in [2.75, 3.05) is 26.2 Å². The Morgan fingerprint density at radius 3 is 2.88 bits per heavy atom. The summed E-state index contributed by atoms with van der Waals surface area (Å²) in [6.07, 6.45) is 0. The average molecular weight is 220 g/mol. The molecule has 1 N–H and O–H groups in total. The maximum atomic E-state index is 8.62. The van der Waals surface area contributed by atoms with Gasteiger partial charge in [0.05, 0.1) is 17.5 Å². The van der Waals surface area contributed by atoms with Crippen molar-refractivity contribution < 1.29 is 0 Å². The third kappa shape index (κ3) is 2.38. The molecule has 0 aromatic carbocycles. The van der Waals surface area contributed by atoms with Crippen LogP contribution in [0.15, 0.2) is 0 Å². The summed E-state index contributed by atoms with van der Waals surface area (Å²) >= 11 is 0. The molecule has 0 aliphatic carbocycles. The Balaban J connectivity index is 2.01. The average Bonchev–Trinajstić information content (AvgIpc) is 2.64. The van der Waals surface area contributed by atoms with Crippen LogP contribution in [0.1, 0.15) is 11.4 Å². The Kier molecular flexibility index (Phi) is 3.49. The van der Waals surface area contributed by atoms with Crippen LogP contribution in [0.2, 0.25) is 0 Å². The fourth-order valence-electron chi connectivity index (χ4n) is 1.84. The highest BCUT2D eigenvalue weighted by Crippen LogP contribution is 2.07. The predicted octanol–water partition coefficient (Wildman–Crippen LogP) is -0.485. The number of piperazine rings is 1. The quantitative estimate of drug-likeness (QED) is 0.744. The fraction of sp³-hybridized carbons (Fsp3) is 0.700. The molecule has 0 spiro atoms. The third-order valence-electron chi connectivity index (χ3n) is 2.88. The summed E-state index contributed by atoms with van der Waals surface area (Å²) in [4.78, 5) is 2.35. The van der Waals surface area contributed by atoms with Crippen molar-refractivity contribution in [1.29, 1.82) is 5.26 Å². The Morgan fingerprint density at radius 1 is 1.44 bits per heavy atom. The molecule has 0 unspecified atom stereocenters. The van der Waals surface area contributed by atoms with Crippen molar-refractivity contribution in [2.45, 2.75) is 20.0 Å². The van der Waals surface area contributed by atoms with Crippen LogP contribution in [0.3, 0.4) is 0 Å². The number of nitrogens with one attached hydrogen (secondary N) is 1. The minimum Gasteiger partial charge on any atom is -0.314 e. The van der Waals surface area contributed by atoms with Crippen LogP contribution in [0.4, 0.5) is 0 Å². The number of nitrogens with zero attached hydrogens (tertiary/aromatic N) is 5. The van der Waals surface area contributed by atoms with E-state index in [4.69, 9.17) is 5.26 Å². The third-order valence-corrected chi connectivity index (χ3v) is 2.88. The van der Waals surface area contributed by atoms with Gasteiger partial charge in [-0.25, -0.2) is 4.68 Å². The maximum absolute atomic E-state index is 8.62. The second-order valence-electron chi connectivity index (χ2n) is 3.96. The van der Waals surface area contributed by atoms with E-state index in [9.17, 15) is 0 Å². The minimum atomic E-state index is 0.278. The van der Waals surface area contributed by atoms with Crippen LogP contribution in [0.25, 0.3) is 0 Å². The largest absolute Gasteiger partial charge is 0.314 e. The van der Waals surface area contributed by atoms with E-state index in [0.29, 0.717) is 0 Å². The number of aromatic nitrogens is 3. The Hall–Kier alpha value is -1.45. The SMILES string of the molecule is Cc1c(CN2CCNCC2)nnn1CC#N. The molecule has 2 heterocycles. The highest BCUT2D eigenvalue weighted by Gasteiger charge is 2.14. The molecule has 1 aliphatic heterocycles. The fourth-order valence-corrected chi connectivity index (χ4v) is 1.84. The number of hydrogen-bond donors (Lipinski definition) is 1. The molecule has 86 valence electrons. The Labute approximate surface area is 94.8 Å². The second kappa shape index (κ2) is 5.05. The van der Waals surface area contributed by atoms with Crippen LogP contribution < -0.4 is 5.32 Å². The molecule has 0 radical (unpaired) electrons. The van der Waals surface area contributed by atoms with Crippen LogP contribution in [0.5, 0.6) is 0 Å². The topological polar surface area (TPSA) is 69.8 Å². The van der Waals surface area contributed by atoms with E-state index < -0.39 is 0 Å². The summed E-state index contributed by atoms with van der Waals surface area (Å²) in [7, 11) is 0. The standard InChI is InChI=1S/C10H16N6/c1-9-10(13-14-16(9)5-2-11)8-15-6-3-12-4-7-15/h12H,3-8H2,1H3. The first-order chi connectivity index (χ1) is 7.81. The van der Waals surface area contributed by atoms with Gasteiger partial charge in [-0.05, 0) is 6.92 Å². The molecule has 16 heavy (non-hydrogen) atoms. The molecule has 0 amide bonds. The summed E-state index contributed by atoms with van der Waals surface area (Å²) in [6.45, 7) is 7.24. The zero-order chi connectivity index (χ0) is 11.4. The molecule has 2 rings (SSSR count). The van der Waals surface area contributed by atoms with Crippen LogP contribution in [-0.4, -0.2) is 46.1 Å². The summed E-state index contributed by atoms with van der Waals surface area (Å²) in [5, 5.41) is 20.0. The van der Waals surface area contributed by atoms with Gasteiger partial charge in [0, 0.05) is 32.7 Å². The van der Waals surface area contributed by atoms with E-state index in [2.05, 4.69) is 26.6 Å². The predicted molar refractivity (Wildman–Crippen MR) is 58.5 cm³/mol. The normalized spacial score (nSPS) is 17.2. The molecule has 0 bridgehead atoms. The first kappa shape index (κ1) is 11.0. The van der Waals surface area contributed by atoms with Crippen molar-refractivity contribution >= 4 is 0 Å². The van der Waals surface area contributed by atoms with Gasteiger partial charge in [0.25, 0.3) is 0 Å². The molecular formula is C10H16N6. The van der Waals surface area contributed by atoms with Crippen LogP contribution in [-0.2, 0) is 13.1 Å².